The monoisotopic (exact) mass is 462 g/mol. The number of rotatable bonds is 10. The first-order valence-electron chi connectivity index (χ1n) is 10.8. The van der Waals surface area contributed by atoms with E-state index in [1.165, 1.54) is 17.3 Å². The first-order chi connectivity index (χ1) is 16.1. The van der Waals surface area contributed by atoms with E-state index < -0.39 is 0 Å². The average Bonchev–Trinajstić information content (AvgIpc) is 3.48. The van der Waals surface area contributed by atoms with Gasteiger partial charge in [0, 0.05) is 5.69 Å². The summed E-state index contributed by atoms with van der Waals surface area (Å²) in [5, 5.41) is 12.2. The van der Waals surface area contributed by atoms with Gasteiger partial charge in [0.05, 0.1) is 18.6 Å². The number of aromatic nitrogens is 3. The van der Waals surface area contributed by atoms with E-state index in [-0.39, 0.29) is 18.3 Å². The summed E-state index contributed by atoms with van der Waals surface area (Å²) in [4.78, 5) is 12.6. The maximum Gasteiger partial charge on any atom is 0.234 e. The number of para-hydroxylation sites is 1. The molecule has 0 aliphatic heterocycles. The maximum absolute atomic E-state index is 12.6. The van der Waals surface area contributed by atoms with E-state index in [9.17, 15) is 4.79 Å². The van der Waals surface area contributed by atoms with E-state index in [2.05, 4.69) is 22.4 Å². The molecule has 0 atom stereocenters. The number of hydrogen-bond acceptors (Lipinski definition) is 6. The van der Waals surface area contributed by atoms with Crippen LogP contribution in [0.5, 0.6) is 5.75 Å². The highest BCUT2D eigenvalue weighted by Gasteiger charge is 2.17. The summed E-state index contributed by atoms with van der Waals surface area (Å²) in [7, 11) is 0. The second kappa shape index (κ2) is 10.9. The smallest absolute Gasteiger partial charge is 0.234 e. The van der Waals surface area contributed by atoms with Crippen molar-refractivity contribution in [2.75, 3.05) is 11.1 Å². The SMILES string of the molecule is CCc1ccccc1NC(=O)CSc1nnc(COc2ccc(C)cc2)n1Cc1ccco1. The van der Waals surface area contributed by atoms with Crippen LogP contribution in [0.15, 0.2) is 76.5 Å². The van der Waals surface area contributed by atoms with Crippen LogP contribution in [0, 0.1) is 6.92 Å². The molecule has 0 bridgehead atoms. The number of aryl methyl sites for hydroxylation is 2. The summed E-state index contributed by atoms with van der Waals surface area (Å²) in [6, 6.07) is 19.4. The second-order valence-corrected chi connectivity index (χ2v) is 8.46. The van der Waals surface area contributed by atoms with Crippen molar-refractivity contribution in [2.24, 2.45) is 0 Å². The van der Waals surface area contributed by atoms with E-state index in [0.717, 1.165) is 29.2 Å². The molecular formula is C25H26N4O3S. The molecule has 0 aliphatic carbocycles. The number of furan rings is 1. The Bertz CT molecular complexity index is 1190. The quantitative estimate of drug-likeness (QED) is 0.330. The molecule has 0 aliphatic rings. The molecule has 33 heavy (non-hydrogen) atoms. The highest BCUT2D eigenvalue weighted by atomic mass is 32.2. The fourth-order valence-electron chi connectivity index (χ4n) is 3.30. The second-order valence-electron chi connectivity index (χ2n) is 7.51. The van der Waals surface area contributed by atoms with Crippen LogP contribution < -0.4 is 10.1 Å². The van der Waals surface area contributed by atoms with Crippen molar-refractivity contribution in [1.82, 2.24) is 14.8 Å². The molecule has 2 aromatic heterocycles. The van der Waals surface area contributed by atoms with Gasteiger partial charge in [0.15, 0.2) is 11.0 Å². The molecule has 7 nitrogen and oxygen atoms in total. The summed E-state index contributed by atoms with van der Waals surface area (Å²) >= 11 is 1.33. The lowest BCUT2D eigenvalue weighted by atomic mass is 10.1. The van der Waals surface area contributed by atoms with Gasteiger partial charge in [0.2, 0.25) is 5.91 Å². The largest absolute Gasteiger partial charge is 0.486 e. The number of benzene rings is 2. The lowest BCUT2D eigenvalue weighted by Crippen LogP contribution is -2.16. The van der Waals surface area contributed by atoms with Gasteiger partial charge in [0.1, 0.15) is 18.1 Å². The van der Waals surface area contributed by atoms with E-state index in [1.807, 2.05) is 72.2 Å². The Balaban J connectivity index is 1.45. The standard InChI is InChI=1S/C25H26N4O3S/c1-3-19-7-4-5-9-22(19)26-24(30)17-33-25-28-27-23(29(25)15-21-8-6-14-31-21)16-32-20-12-10-18(2)11-13-20/h4-14H,3,15-17H2,1-2H3,(H,26,30). The van der Waals surface area contributed by atoms with Gasteiger partial charge in [-0.1, -0.05) is 54.6 Å². The zero-order chi connectivity index (χ0) is 23.0. The van der Waals surface area contributed by atoms with Crippen LogP contribution in [0.25, 0.3) is 0 Å². The lowest BCUT2D eigenvalue weighted by Gasteiger charge is -2.11. The summed E-state index contributed by atoms with van der Waals surface area (Å²) in [5.74, 6) is 2.32. The van der Waals surface area contributed by atoms with Crippen LogP contribution in [0.3, 0.4) is 0 Å². The van der Waals surface area contributed by atoms with Gasteiger partial charge < -0.3 is 14.5 Å². The van der Waals surface area contributed by atoms with Crippen molar-refractivity contribution in [3.8, 4) is 5.75 Å². The number of nitrogens with one attached hydrogen (secondary N) is 1. The number of hydrogen-bond donors (Lipinski definition) is 1. The summed E-state index contributed by atoms with van der Waals surface area (Å²) < 4.78 is 13.3. The number of carbonyl (C=O) groups excluding carboxylic acids is 1. The molecule has 4 rings (SSSR count). The molecular weight excluding hydrogens is 436 g/mol. The predicted molar refractivity (Wildman–Crippen MR) is 129 cm³/mol. The zero-order valence-electron chi connectivity index (χ0n) is 18.7. The lowest BCUT2D eigenvalue weighted by molar-refractivity contribution is -0.113. The molecule has 8 heteroatoms. The highest BCUT2D eigenvalue weighted by Crippen LogP contribution is 2.22. The Kier molecular flexibility index (Phi) is 7.47. The third-order valence-corrected chi connectivity index (χ3v) is 6.05. The van der Waals surface area contributed by atoms with Crippen molar-refractivity contribution in [3.63, 3.8) is 0 Å². The van der Waals surface area contributed by atoms with E-state index >= 15 is 0 Å². The van der Waals surface area contributed by atoms with Gasteiger partial charge in [-0.2, -0.15) is 0 Å². The summed E-state index contributed by atoms with van der Waals surface area (Å²) in [5.41, 5.74) is 3.11. The molecule has 170 valence electrons. The van der Waals surface area contributed by atoms with Crippen molar-refractivity contribution >= 4 is 23.4 Å². The molecule has 4 aromatic rings. The topological polar surface area (TPSA) is 82.2 Å². The number of anilines is 1. The van der Waals surface area contributed by atoms with Crippen LogP contribution >= 0.6 is 11.8 Å². The third-order valence-electron chi connectivity index (χ3n) is 5.08. The van der Waals surface area contributed by atoms with E-state index in [4.69, 9.17) is 9.15 Å². The summed E-state index contributed by atoms with van der Waals surface area (Å²) in [6.45, 7) is 4.81. The van der Waals surface area contributed by atoms with Crippen LogP contribution in [0.2, 0.25) is 0 Å². The normalized spacial score (nSPS) is 10.8. The highest BCUT2D eigenvalue weighted by molar-refractivity contribution is 7.99. The molecule has 2 aromatic carbocycles. The molecule has 0 unspecified atom stereocenters. The molecule has 0 fully saturated rings. The van der Waals surface area contributed by atoms with Gasteiger partial charge in [-0.15, -0.1) is 10.2 Å². The molecule has 1 amide bonds. The number of ether oxygens (including phenoxy) is 1. The van der Waals surface area contributed by atoms with Gasteiger partial charge in [-0.25, -0.2) is 0 Å². The Morgan fingerprint density at radius 2 is 1.91 bits per heavy atom. The minimum Gasteiger partial charge on any atom is -0.486 e. The van der Waals surface area contributed by atoms with Gasteiger partial charge in [-0.05, 0) is 49.2 Å². The first-order valence-corrected chi connectivity index (χ1v) is 11.8. The fourth-order valence-corrected chi connectivity index (χ4v) is 4.06. The van der Waals surface area contributed by atoms with Crippen LogP contribution in [0.1, 0.15) is 29.6 Å². The van der Waals surface area contributed by atoms with Crippen LogP contribution in [0.4, 0.5) is 5.69 Å². The Morgan fingerprint density at radius 3 is 2.67 bits per heavy atom. The minimum absolute atomic E-state index is 0.0918. The molecule has 0 saturated heterocycles. The van der Waals surface area contributed by atoms with Gasteiger partial charge in [0.25, 0.3) is 0 Å². The van der Waals surface area contributed by atoms with Crippen LogP contribution in [-0.2, 0) is 24.4 Å². The Labute approximate surface area is 197 Å². The number of thioether (sulfide) groups is 1. The van der Waals surface area contributed by atoms with Crippen molar-refractivity contribution < 1.29 is 13.9 Å². The van der Waals surface area contributed by atoms with Gasteiger partial charge in [-0.3, -0.25) is 9.36 Å². The minimum atomic E-state index is -0.0918. The van der Waals surface area contributed by atoms with Crippen LogP contribution in [-0.4, -0.2) is 26.4 Å². The van der Waals surface area contributed by atoms with Crippen molar-refractivity contribution in [2.45, 2.75) is 38.6 Å². The van der Waals surface area contributed by atoms with Gasteiger partial charge >= 0.3 is 0 Å². The number of carbonyl (C=O) groups is 1. The average molecular weight is 463 g/mol. The Morgan fingerprint density at radius 1 is 1.09 bits per heavy atom. The fraction of sp³-hybridized carbons (Fsp3) is 0.240. The van der Waals surface area contributed by atoms with E-state index in [0.29, 0.717) is 17.5 Å². The van der Waals surface area contributed by atoms with Crippen molar-refractivity contribution in [1.29, 1.82) is 0 Å². The molecule has 1 N–H and O–H groups in total. The number of nitrogens with zero attached hydrogens (tertiary/aromatic N) is 3. The first kappa shape index (κ1) is 22.7. The molecule has 0 radical (unpaired) electrons. The maximum atomic E-state index is 12.6. The molecule has 0 saturated carbocycles. The molecule has 0 spiro atoms. The molecule has 2 heterocycles. The van der Waals surface area contributed by atoms with E-state index in [1.54, 1.807) is 6.26 Å². The zero-order valence-corrected chi connectivity index (χ0v) is 19.5. The third kappa shape index (κ3) is 6.04. The van der Waals surface area contributed by atoms with Crippen molar-refractivity contribution in [3.05, 3.63) is 89.6 Å². The predicted octanol–water partition coefficient (Wildman–Crippen LogP) is 5.10. The summed E-state index contributed by atoms with van der Waals surface area (Å²) in [6.07, 6.45) is 2.49. The Hall–Kier alpha value is -3.52. The number of amides is 1.